The first-order valence-electron chi connectivity index (χ1n) is 16.0. The van der Waals surface area contributed by atoms with Crippen molar-refractivity contribution in [2.75, 3.05) is 13.1 Å². The second-order valence-corrected chi connectivity index (χ2v) is 14.0. The van der Waals surface area contributed by atoms with E-state index in [2.05, 4.69) is 76.1 Å². The van der Waals surface area contributed by atoms with Crippen LogP contribution in [0.4, 0.5) is 0 Å². The molecule has 1 aliphatic heterocycles. The lowest BCUT2D eigenvalue weighted by Crippen LogP contribution is -2.49. The first-order valence-corrected chi connectivity index (χ1v) is 17.6. The van der Waals surface area contributed by atoms with Crippen LogP contribution in [0, 0.1) is 5.92 Å². The number of hydrogen-bond acceptors (Lipinski definition) is 7. The van der Waals surface area contributed by atoms with Crippen LogP contribution in [-0.2, 0) is 16.1 Å². The molecule has 1 saturated heterocycles. The maximum Gasteiger partial charge on any atom is 0.245 e. The summed E-state index contributed by atoms with van der Waals surface area (Å²) in [6.07, 6.45) is 10.5. The van der Waals surface area contributed by atoms with Crippen molar-refractivity contribution in [3.8, 4) is 32.0 Å². The standard InChI is InChI=1S/C35H41N5O2S2/c1-3-6-29(39-33(41)27-16-17-27)35(42)40(19-4-2)22-32-37-20-30(43-32)25-12-8-23(9-13-25)24-10-14-26(15-11-24)31-21-38-34(44-31)28-7-5-18-36-28/h8-15,20-21,27-29,36H,3-7,16-19,22H2,1-2H3,(H,39,41)/t28-,29+/m0/s1. The van der Waals surface area contributed by atoms with Gasteiger partial charge in [0.2, 0.25) is 11.8 Å². The van der Waals surface area contributed by atoms with Crippen LogP contribution in [0.2, 0.25) is 0 Å². The number of rotatable bonds is 13. The number of carbonyl (C=O) groups excluding carboxylic acids is 2. The van der Waals surface area contributed by atoms with Gasteiger partial charge in [-0.1, -0.05) is 68.8 Å². The van der Waals surface area contributed by atoms with Crippen molar-refractivity contribution in [2.24, 2.45) is 5.92 Å². The van der Waals surface area contributed by atoms with E-state index in [-0.39, 0.29) is 17.7 Å². The fourth-order valence-corrected chi connectivity index (χ4v) is 7.72. The Morgan fingerprint density at radius 3 is 2.11 bits per heavy atom. The van der Waals surface area contributed by atoms with Gasteiger partial charge in [0.25, 0.3) is 0 Å². The van der Waals surface area contributed by atoms with Crippen LogP contribution in [0.5, 0.6) is 0 Å². The lowest BCUT2D eigenvalue weighted by Gasteiger charge is -2.27. The van der Waals surface area contributed by atoms with E-state index in [4.69, 9.17) is 0 Å². The Labute approximate surface area is 268 Å². The minimum atomic E-state index is -0.464. The summed E-state index contributed by atoms with van der Waals surface area (Å²) < 4.78 is 0. The highest BCUT2D eigenvalue weighted by Crippen LogP contribution is 2.34. The van der Waals surface area contributed by atoms with Crippen LogP contribution < -0.4 is 10.6 Å². The Morgan fingerprint density at radius 1 is 0.886 bits per heavy atom. The van der Waals surface area contributed by atoms with Crippen molar-refractivity contribution in [3.05, 3.63) is 70.9 Å². The van der Waals surface area contributed by atoms with Crippen molar-refractivity contribution < 1.29 is 9.59 Å². The number of aromatic nitrogens is 2. The molecule has 44 heavy (non-hydrogen) atoms. The zero-order chi connectivity index (χ0) is 30.5. The van der Waals surface area contributed by atoms with E-state index in [0.29, 0.717) is 25.6 Å². The van der Waals surface area contributed by atoms with Crippen molar-refractivity contribution in [1.82, 2.24) is 25.5 Å². The zero-order valence-corrected chi connectivity index (χ0v) is 27.2. The van der Waals surface area contributed by atoms with Crippen LogP contribution >= 0.6 is 22.7 Å². The smallest absolute Gasteiger partial charge is 0.245 e. The molecule has 2 aromatic heterocycles. The molecule has 6 rings (SSSR count). The Balaban J connectivity index is 1.09. The second-order valence-electron chi connectivity index (χ2n) is 11.9. The zero-order valence-electron chi connectivity index (χ0n) is 25.6. The molecule has 2 amide bonds. The molecule has 2 N–H and O–H groups in total. The highest BCUT2D eigenvalue weighted by atomic mass is 32.1. The molecule has 0 bridgehead atoms. The Hall–Kier alpha value is -3.40. The molecule has 0 radical (unpaired) electrons. The van der Waals surface area contributed by atoms with Gasteiger partial charge in [-0.3, -0.25) is 9.59 Å². The average Bonchev–Trinajstić information content (AvgIpc) is 3.40. The summed E-state index contributed by atoms with van der Waals surface area (Å²) in [5.74, 6) is 0.108. The minimum Gasteiger partial charge on any atom is -0.344 e. The third-order valence-corrected chi connectivity index (χ3v) is 10.6. The van der Waals surface area contributed by atoms with Crippen molar-refractivity contribution in [3.63, 3.8) is 0 Å². The first-order chi connectivity index (χ1) is 21.5. The summed E-state index contributed by atoms with van der Waals surface area (Å²) >= 11 is 3.41. The summed E-state index contributed by atoms with van der Waals surface area (Å²) in [6, 6.07) is 17.3. The van der Waals surface area contributed by atoms with E-state index in [1.807, 2.05) is 24.2 Å². The predicted octanol–water partition coefficient (Wildman–Crippen LogP) is 7.46. The second kappa shape index (κ2) is 14.1. The predicted molar refractivity (Wildman–Crippen MR) is 179 cm³/mol. The molecule has 2 atom stereocenters. The van der Waals surface area contributed by atoms with E-state index < -0.39 is 6.04 Å². The molecule has 7 nitrogen and oxygen atoms in total. The van der Waals surface area contributed by atoms with Gasteiger partial charge in [-0.05, 0) is 67.3 Å². The van der Waals surface area contributed by atoms with Gasteiger partial charge in [0.05, 0.1) is 22.3 Å². The van der Waals surface area contributed by atoms with Crippen LogP contribution in [-0.4, -0.2) is 45.8 Å². The SMILES string of the molecule is CCC[C@@H](NC(=O)C1CC1)C(=O)N(CCC)Cc1ncc(-c2ccc(-c3ccc(-c4cnc([C@@H]5CCCN5)s4)cc3)cc2)s1. The molecule has 230 valence electrons. The molecule has 4 aromatic rings. The summed E-state index contributed by atoms with van der Waals surface area (Å²) in [4.78, 5) is 39.4. The lowest BCUT2D eigenvalue weighted by molar-refractivity contribution is -0.137. The van der Waals surface area contributed by atoms with E-state index >= 15 is 0 Å². The molecule has 2 aliphatic rings. The van der Waals surface area contributed by atoms with E-state index in [1.54, 1.807) is 22.7 Å². The summed E-state index contributed by atoms with van der Waals surface area (Å²) in [6.45, 7) is 6.30. The molecule has 0 unspecified atom stereocenters. The number of nitrogens with zero attached hydrogens (tertiary/aromatic N) is 3. The molecule has 3 heterocycles. The highest BCUT2D eigenvalue weighted by molar-refractivity contribution is 7.15. The largest absolute Gasteiger partial charge is 0.344 e. The number of nitrogens with one attached hydrogen (secondary N) is 2. The van der Waals surface area contributed by atoms with Crippen LogP contribution in [0.3, 0.4) is 0 Å². The number of amides is 2. The van der Waals surface area contributed by atoms with E-state index in [0.717, 1.165) is 47.7 Å². The topological polar surface area (TPSA) is 87.2 Å². The van der Waals surface area contributed by atoms with Gasteiger partial charge in [-0.25, -0.2) is 9.97 Å². The molecule has 9 heteroatoms. The molecule has 2 fully saturated rings. The number of benzene rings is 2. The monoisotopic (exact) mass is 627 g/mol. The quantitative estimate of drug-likeness (QED) is 0.161. The average molecular weight is 628 g/mol. The molecule has 0 spiro atoms. The summed E-state index contributed by atoms with van der Waals surface area (Å²) in [5, 5.41) is 8.65. The van der Waals surface area contributed by atoms with Gasteiger partial charge in [-0.2, -0.15) is 0 Å². The van der Waals surface area contributed by atoms with Crippen molar-refractivity contribution >= 4 is 34.5 Å². The fourth-order valence-electron chi connectivity index (χ4n) is 5.75. The van der Waals surface area contributed by atoms with Crippen LogP contribution in [0.1, 0.15) is 74.9 Å². The fraction of sp³-hybridized carbons (Fsp3) is 0.429. The van der Waals surface area contributed by atoms with Gasteiger partial charge < -0.3 is 15.5 Å². The molecule has 1 saturated carbocycles. The van der Waals surface area contributed by atoms with Gasteiger partial charge in [0.15, 0.2) is 0 Å². The normalized spacial score (nSPS) is 17.0. The summed E-state index contributed by atoms with van der Waals surface area (Å²) in [7, 11) is 0. The van der Waals surface area contributed by atoms with Crippen molar-refractivity contribution in [1.29, 1.82) is 0 Å². The maximum atomic E-state index is 13.5. The van der Waals surface area contributed by atoms with Crippen LogP contribution in [0.25, 0.3) is 32.0 Å². The third-order valence-electron chi connectivity index (χ3n) is 8.38. The van der Waals surface area contributed by atoms with E-state index in [9.17, 15) is 9.59 Å². The van der Waals surface area contributed by atoms with Crippen molar-refractivity contribution in [2.45, 2.75) is 77.4 Å². The van der Waals surface area contributed by atoms with E-state index in [1.165, 1.54) is 39.4 Å². The Morgan fingerprint density at radius 2 is 1.52 bits per heavy atom. The summed E-state index contributed by atoms with van der Waals surface area (Å²) in [5.41, 5.74) is 4.66. The van der Waals surface area contributed by atoms with Gasteiger partial charge in [0.1, 0.15) is 16.1 Å². The number of hydrogen-bond donors (Lipinski definition) is 2. The molecule has 1 aliphatic carbocycles. The number of thiazole rings is 2. The molecule has 2 aromatic carbocycles. The van der Waals surface area contributed by atoms with Gasteiger partial charge >= 0.3 is 0 Å². The third kappa shape index (κ3) is 7.28. The Kier molecular flexibility index (Phi) is 9.84. The number of carbonyl (C=O) groups is 2. The van der Waals surface area contributed by atoms with Gasteiger partial charge in [0, 0.05) is 24.9 Å². The lowest BCUT2D eigenvalue weighted by atomic mass is 10.0. The molecular weight excluding hydrogens is 587 g/mol. The van der Waals surface area contributed by atoms with Crippen LogP contribution in [0.15, 0.2) is 60.9 Å². The molecular formula is C35H41N5O2S2. The minimum absolute atomic E-state index is 0.00331. The highest BCUT2D eigenvalue weighted by Gasteiger charge is 2.33. The maximum absolute atomic E-state index is 13.5. The van der Waals surface area contributed by atoms with Gasteiger partial charge in [-0.15, -0.1) is 22.7 Å². The first kappa shape index (κ1) is 30.6. The Bertz CT molecular complexity index is 1550.